The number of carbonyl (C=O) groups is 1. The van der Waals surface area contributed by atoms with E-state index >= 15 is 0 Å². The quantitative estimate of drug-likeness (QED) is 0.810. The lowest BCUT2D eigenvalue weighted by Crippen LogP contribution is -2.46. The zero-order valence-corrected chi connectivity index (χ0v) is 16.3. The topological polar surface area (TPSA) is 68.5 Å². The molecular formula is C21H27N3O3. The molecule has 0 unspecified atom stereocenters. The van der Waals surface area contributed by atoms with Gasteiger partial charge in [0.15, 0.2) is 5.82 Å². The van der Waals surface area contributed by atoms with Crippen LogP contribution in [0.15, 0.2) is 34.9 Å². The molecule has 0 bridgehead atoms. The van der Waals surface area contributed by atoms with Crippen LogP contribution >= 0.6 is 0 Å². The van der Waals surface area contributed by atoms with Gasteiger partial charge in [-0.1, -0.05) is 41.9 Å². The molecule has 0 spiro atoms. The molecule has 2 atom stereocenters. The third-order valence-corrected chi connectivity index (χ3v) is 6.28. The fourth-order valence-corrected chi connectivity index (χ4v) is 4.57. The highest BCUT2D eigenvalue weighted by Gasteiger charge is 2.56. The Labute approximate surface area is 159 Å². The van der Waals surface area contributed by atoms with Crippen LogP contribution in [-0.2, 0) is 21.4 Å². The fraction of sp³-hybridized carbons (Fsp3) is 0.571. The monoisotopic (exact) mass is 369 g/mol. The number of hydrogen-bond acceptors (Lipinski definition) is 5. The van der Waals surface area contributed by atoms with Crippen molar-refractivity contribution in [1.82, 2.24) is 15.0 Å². The average molecular weight is 369 g/mol. The van der Waals surface area contributed by atoms with Crippen LogP contribution in [0.5, 0.6) is 0 Å². The number of carbonyl (C=O) groups excluding carboxylic acids is 1. The molecule has 27 heavy (non-hydrogen) atoms. The van der Waals surface area contributed by atoms with E-state index in [0.717, 1.165) is 31.4 Å². The molecule has 1 amide bonds. The van der Waals surface area contributed by atoms with Crippen molar-refractivity contribution in [2.75, 3.05) is 20.2 Å². The summed E-state index contributed by atoms with van der Waals surface area (Å²) < 4.78 is 11.1. The van der Waals surface area contributed by atoms with E-state index in [2.05, 4.69) is 17.3 Å². The van der Waals surface area contributed by atoms with Gasteiger partial charge in [0.2, 0.25) is 5.89 Å². The van der Waals surface area contributed by atoms with Crippen LogP contribution in [0.2, 0.25) is 0 Å². The highest BCUT2D eigenvalue weighted by atomic mass is 16.5. The largest absolute Gasteiger partial charge is 0.369 e. The van der Waals surface area contributed by atoms with Crippen molar-refractivity contribution in [3.63, 3.8) is 0 Å². The molecule has 2 aliphatic rings. The highest BCUT2D eigenvalue weighted by Crippen LogP contribution is 2.50. The summed E-state index contributed by atoms with van der Waals surface area (Å²) in [5.41, 5.74) is 0.143. The molecule has 1 aliphatic carbocycles. The van der Waals surface area contributed by atoms with Crippen LogP contribution in [0, 0.1) is 5.92 Å². The maximum Gasteiger partial charge on any atom is 0.254 e. The van der Waals surface area contributed by atoms with E-state index in [1.54, 1.807) is 7.11 Å². The predicted octanol–water partition coefficient (Wildman–Crippen LogP) is 2.97. The summed E-state index contributed by atoms with van der Waals surface area (Å²) in [6.07, 6.45) is 3.87. The highest BCUT2D eigenvalue weighted by molar-refractivity contribution is 5.85. The van der Waals surface area contributed by atoms with Gasteiger partial charge in [-0.25, -0.2) is 0 Å². The van der Waals surface area contributed by atoms with Gasteiger partial charge in [-0.2, -0.15) is 4.98 Å². The molecule has 1 saturated heterocycles. The molecule has 144 valence electrons. The van der Waals surface area contributed by atoms with Crippen molar-refractivity contribution in [1.29, 1.82) is 0 Å². The van der Waals surface area contributed by atoms with Crippen molar-refractivity contribution >= 4 is 5.91 Å². The van der Waals surface area contributed by atoms with Crippen molar-refractivity contribution in [2.45, 2.75) is 50.5 Å². The minimum atomic E-state index is -0.812. The summed E-state index contributed by atoms with van der Waals surface area (Å²) in [4.78, 5) is 19.6. The summed E-state index contributed by atoms with van der Waals surface area (Å²) in [6, 6.07) is 10.2. The molecule has 2 heterocycles. The van der Waals surface area contributed by atoms with Gasteiger partial charge in [0, 0.05) is 26.6 Å². The maximum absolute atomic E-state index is 12.9. The van der Waals surface area contributed by atoms with Gasteiger partial charge in [-0.3, -0.25) is 4.79 Å². The molecule has 1 aromatic heterocycles. The Morgan fingerprint density at radius 2 is 2.15 bits per heavy atom. The lowest BCUT2D eigenvalue weighted by atomic mass is 9.80. The predicted molar refractivity (Wildman–Crippen MR) is 100 cm³/mol. The lowest BCUT2D eigenvalue weighted by molar-refractivity contribution is -0.150. The van der Waals surface area contributed by atoms with Crippen molar-refractivity contribution in [3.8, 4) is 0 Å². The van der Waals surface area contributed by atoms with Gasteiger partial charge in [-0.15, -0.1) is 0 Å². The van der Waals surface area contributed by atoms with Crippen molar-refractivity contribution in [3.05, 3.63) is 47.6 Å². The number of rotatable bonds is 5. The second-order valence-corrected chi connectivity index (χ2v) is 8.32. The zero-order valence-electron chi connectivity index (χ0n) is 16.3. The Balaban J connectivity index is 1.56. The molecule has 6 nitrogen and oxygen atoms in total. The number of benzene rings is 1. The number of methoxy groups -OCH3 is 1. The van der Waals surface area contributed by atoms with E-state index in [4.69, 9.17) is 14.2 Å². The number of hydrogen-bond donors (Lipinski definition) is 0. The number of fused-ring (bicyclic) bond motifs is 1. The third-order valence-electron chi connectivity index (χ3n) is 6.28. The SMILES string of the molecule is COC(C)(C)C(=O)N1C[C@H]2CCC[C@@]2(c2nc(Cc3ccccc3)no2)C1. The van der Waals surface area contributed by atoms with Crippen molar-refractivity contribution < 1.29 is 14.1 Å². The summed E-state index contributed by atoms with van der Waals surface area (Å²) in [5.74, 6) is 1.81. The minimum Gasteiger partial charge on any atom is -0.369 e. The van der Waals surface area contributed by atoms with E-state index in [-0.39, 0.29) is 11.3 Å². The molecule has 2 aromatic rings. The number of likely N-dealkylation sites (tertiary alicyclic amines) is 1. The molecule has 1 aromatic carbocycles. The standard InChI is InChI=1S/C21H27N3O3/c1-20(2,26-3)19(25)24-13-16-10-7-11-21(16,14-24)18-22-17(23-27-18)12-15-8-5-4-6-9-15/h4-6,8-9,16H,7,10-14H2,1-3H3/t16-,21-/m1/s1. The maximum atomic E-state index is 12.9. The number of amides is 1. The summed E-state index contributed by atoms with van der Waals surface area (Å²) in [7, 11) is 1.58. The first kappa shape index (κ1) is 18.2. The van der Waals surface area contributed by atoms with Crippen molar-refractivity contribution in [2.24, 2.45) is 5.92 Å². The van der Waals surface area contributed by atoms with Crippen LogP contribution in [-0.4, -0.2) is 46.7 Å². The Bertz CT molecular complexity index is 817. The van der Waals surface area contributed by atoms with Crippen LogP contribution in [0.1, 0.15) is 50.4 Å². The number of ether oxygens (including phenoxy) is 1. The first-order valence-electron chi connectivity index (χ1n) is 9.66. The van der Waals surface area contributed by atoms with Gasteiger partial charge in [0.05, 0.1) is 5.41 Å². The molecule has 0 N–H and O–H groups in total. The minimum absolute atomic E-state index is 0.0304. The van der Waals surface area contributed by atoms with E-state index < -0.39 is 5.60 Å². The first-order valence-corrected chi connectivity index (χ1v) is 9.66. The summed E-state index contributed by atoms with van der Waals surface area (Å²) in [5, 5.41) is 4.23. The van der Waals surface area contributed by atoms with E-state index in [9.17, 15) is 4.79 Å². The van der Waals surface area contributed by atoms with E-state index in [0.29, 0.717) is 30.6 Å². The molecule has 4 rings (SSSR count). The van der Waals surface area contributed by atoms with Crippen LogP contribution in [0.25, 0.3) is 0 Å². The molecule has 1 aliphatic heterocycles. The van der Waals surface area contributed by atoms with Gasteiger partial charge in [0.25, 0.3) is 5.91 Å². The molecule has 0 radical (unpaired) electrons. The summed E-state index contributed by atoms with van der Waals surface area (Å²) >= 11 is 0. The van der Waals surface area contributed by atoms with E-state index in [1.165, 1.54) is 0 Å². The Kier molecular flexibility index (Phi) is 4.54. The molecule has 6 heteroatoms. The Morgan fingerprint density at radius 3 is 2.89 bits per heavy atom. The molecule has 1 saturated carbocycles. The van der Waals surface area contributed by atoms with E-state index in [1.807, 2.05) is 36.9 Å². The Morgan fingerprint density at radius 1 is 1.37 bits per heavy atom. The Hall–Kier alpha value is -2.21. The molecule has 2 fully saturated rings. The number of aromatic nitrogens is 2. The molecular weight excluding hydrogens is 342 g/mol. The van der Waals surface area contributed by atoms with Crippen LogP contribution in [0.4, 0.5) is 0 Å². The van der Waals surface area contributed by atoms with Gasteiger partial charge in [-0.05, 0) is 38.2 Å². The third kappa shape index (κ3) is 3.16. The zero-order chi connectivity index (χ0) is 19.1. The van der Waals surface area contributed by atoms with Crippen LogP contribution < -0.4 is 0 Å². The normalized spacial score (nSPS) is 25.0. The van der Waals surface area contributed by atoms with Gasteiger partial charge < -0.3 is 14.2 Å². The van der Waals surface area contributed by atoms with Gasteiger partial charge in [0.1, 0.15) is 5.60 Å². The second-order valence-electron chi connectivity index (χ2n) is 8.32. The average Bonchev–Trinajstić information content (AvgIpc) is 3.36. The number of nitrogens with zero attached hydrogens (tertiary/aromatic N) is 3. The first-order chi connectivity index (χ1) is 12.9. The van der Waals surface area contributed by atoms with Crippen LogP contribution in [0.3, 0.4) is 0 Å². The second kappa shape index (κ2) is 6.75. The lowest BCUT2D eigenvalue weighted by Gasteiger charge is -2.29. The fourth-order valence-electron chi connectivity index (χ4n) is 4.57. The summed E-state index contributed by atoms with van der Waals surface area (Å²) in [6.45, 7) is 5.01. The van der Waals surface area contributed by atoms with Gasteiger partial charge >= 0.3 is 0 Å². The smallest absolute Gasteiger partial charge is 0.254 e.